The summed E-state index contributed by atoms with van der Waals surface area (Å²) in [5.74, 6) is 1.53. The molecule has 0 radical (unpaired) electrons. The molecule has 0 atom stereocenters. The second-order valence-corrected chi connectivity index (χ2v) is 6.53. The molecule has 0 N–H and O–H groups in total. The van der Waals surface area contributed by atoms with Crippen molar-refractivity contribution in [2.75, 3.05) is 19.2 Å². The molecule has 0 bridgehead atoms. The number of thioether (sulfide) groups is 1. The van der Waals surface area contributed by atoms with Crippen molar-refractivity contribution >= 4 is 34.4 Å². The summed E-state index contributed by atoms with van der Waals surface area (Å²) in [7, 11) is 3.11. The van der Waals surface area contributed by atoms with E-state index in [-0.39, 0.29) is 11.8 Å². The fraction of sp³-hybridized carbons (Fsp3) is 0.294. The molecule has 0 aliphatic carbocycles. The maximum absolute atomic E-state index is 12.1. The monoisotopic (exact) mass is 374 g/mol. The molecule has 8 nitrogen and oxygen atoms in total. The van der Waals surface area contributed by atoms with Crippen molar-refractivity contribution in [1.29, 1.82) is 0 Å². The summed E-state index contributed by atoms with van der Waals surface area (Å²) in [4.78, 5) is 28.5. The maximum Gasteiger partial charge on any atom is 0.245 e. The summed E-state index contributed by atoms with van der Waals surface area (Å²) in [6, 6.07) is 5.35. The molecule has 9 heteroatoms. The third-order valence-electron chi connectivity index (χ3n) is 3.81. The van der Waals surface area contributed by atoms with Gasteiger partial charge in [0.1, 0.15) is 15.9 Å². The number of aryl methyl sites for hydroxylation is 1. The van der Waals surface area contributed by atoms with Crippen LogP contribution in [0.1, 0.15) is 30.0 Å². The standard InChI is InChI=1S/C17H18N4O4S/c1-9-18-15-17(20(9)10(2)22)26-16(19-21(15)11(3)23)12-6-7-13(24-4)14(8-12)25-5/h6-8H,1-5H3. The van der Waals surface area contributed by atoms with Crippen LogP contribution in [0, 0.1) is 6.92 Å². The van der Waals surface area contributed by atoms with Gasteiger partial charge >= 0.3 is 0 Å². The van der Waals surface area contributed by atoms with Gasteiger partial charge in [0.05, 0.1) is 14.2 Å². The Bertz CT molecular complexity index is 935. The number of fused-ring (bicyclic) bond motifs is 1. The van der Waals surface area contributed by atoms with Crippen LogP contribution in [0.3, 0.4) is 0 Å². The first kappa shape index (κ1) is 18.0. The minimum absolute atomic E-state index is 0.180. The SMILES string of the molecule is COc1ccc(C2=NN(C(C)=O)c3nc(C)n(C(C)=O)c3S2)cc1OC. The van der Waals surface area contributed by atoms with Gasteiger partial charge in [-0.2, -0.15) is 10.1 Å². The van der Waals surface area contributed by atoms with Crippen molar-refractivity contribution in [2.45, 2.75) is 25.8 Å². The highest BCUT2D eigenvalue weighted by atomic mass is 32.2. The average Bonchev–Trinajstić information content (AvgIpc) is 2.95. The van der Waals surface area contributed by atoms with E-state index in [1.165, 1.54) is 35.2 Å². The van der Waals surface area contributed by atoms with Crippen LogP contribution >= 0.6 is 11.8 Å². The zero-order valence-corrected chi connectivity index (χ0v) is 15.9. The first-order valence-electron chi connectivity index (χ1n) is 7.77. The van der Waals surface area contributed by atoms with Gasteiger partial charge in [0, 0.05) is 19.4 Å². The molecule has 1 aliphatic heterocycles. The Balaban J connectivity index is 2.13. The number of hydrazone groups is 1. The van der Waals surface area contributed by atoms with E-state index in [0.717, 1.165) is 5.56 Å². The Morgan fingerprint density at radius 1 is 1.08 bits per heavy atom. The lowest BCUT2D eigenvalue weighted by Gasteiger charge is -2.22. The van der Waals surface area contributed by atoms with Crippen molar-refractivity contribution in [3.63, 3.8) is 0 Å². The van der Waals surface area contributed by atoms with Crippen LogP contribution in [0.4, 0.5) is 5.82 Å². The van der Waals surface area contributed by atoms with Gasteiger partial charge in [-0.1, -0.05) is 0 Å². The second-order valence-electron chi connectivity index (χ2n) is 5.55. The third-order valence-corrected chi connectivity index (χ3v) is 4.88. The van der Waals surface area contributed by atoms with Crippen LogP contribution in [0.25, 0.3) is 0 Å². The van der Waals surface area contributed by atoms with Gasteiger partial charge in [-0.25, -0.2) is 4.98 Å². The van der Waals surface area contributed by atoms with Crippen LogP contribution in [0.5, 0.6) is 11.5 Å². The molecule has 3 rings (SSSR count). The number of aromatic nitrogens is 2. The number of methoxy groups -OCH3 is 2. The van der Waals surface area contributed by atoms with Gasteiger partial charge in [-0.05, 0) is 36.9 Å². The van der Waals surface area contributed by atoms with Crippen LogP contribution < -0.4 is 14.5 Å². The molecule has 2 aromatic rings. The summed E-state index contributed by atoms with van der Waals surface area (Å²) in [5, 5.41) is 6.74. The topological polar surface area (TPSA) is 86.0 Å². The first-order chi connectivity index (χ1) is 12.4. The number of nitrogens with zero attached hydrogens (tertiary/aromatic N) is 4. The number of ether oxygens (including phenoxy) is 2. The lowest BCUT2D eigenvalue weighted by Crippen LogP contribution is -2.28. The van der Waals surface area contributed by atoms with Gasteiger partial charge in [-0.15, -0.1) is 0 Å². The van der Waals surface area contributed by atoms with Crippen LogP contribution in [-0.4, -0.2) is 40.6 Å². The van der Waals surface area contributed by atoms with E-state index in [1.807, 2.05) is 6.07 Å². The zero-order chi connectivity index (χ0) is 19.0. The number of carbonyl (C=O) groups excluding carboxylic acids is 2. The number of imidazole rings is 1. The number of hydrogen-bond donors (Lipinski definition) is 0. The predicted octanol–water partition coefficient (Wildman–Crippen LogP) is 2.69. The molecular weight excluding hydrogens is 356 g/mol. The molecule has 2 heterocycles. The summed E-state index contributed by atoms with van der Waals surface area (Å²) in [6.45, 7) is 4.57. The molecule has 0 saturated carbocycles. The molecular formula is C17H18N4O4S. The smallest absolute Gasteiger partial charge is 0.245 e. The largest absolute Gasteiger partial charge is 0.493 e. The second kappa shape index (κ2) is 6.83. The number of carbonyl (C=O) groups is 2. The fourth-order valence-electron chi connectivity index (χ4n) is 2.65. The highest BCUT2D eigenvalue weighted by molar-refractivity contribution is 8.14. The zero-order valence-electron chi connectivity index (χ0n) is 15.1. The fourth-order valence-corrected chi connectivity index (χ4v) is 3.78. The predicted molar refractivity (Wildman–Crippen MR) is 98.4 cm³/mol. The molecule has 1 aromatic heterocycles. The minimum atomic E-state index is -0.294. The molecule has 0 unspecified atom stereocenters. The molecule has 136 valence electrons. The Hall–Kier alpha value is -2.81. The van der Waals surface area contributed by atoms with Crippen molar-refractivity contribution in [3.8, 4) is 11.5 Å². The van der Waals surface area contributed by atoms with E-state index in [0.29, 0.717) is 33.2 Å². The van der Waals surface area contributed by atoms with Gasteiger partial charge in [0.25, 0.3) is 0 Å². The first-order valence-corrected chi connectivity index (χ1v) is 8.58. The molecule has 26 heavy (non-hydrogen) atoms. The normalized spacial score (nSPS) is 13.1. The highest BCUT2D eigenvalue weighted by Crippen LogP contribution is 2.39. The summed E-state index contributed by atoms with van der Waals surface area (Å²) in [6.07, 6.45) is 0. The minimum Gasteiger partial charge on any atom is -0.493 e. The Morgan fingerprint density at radius 2 is 1.77 bits per heavy atom. The maximum atomic E-state index is 12.1. The summed E-state index contributed by atoms with van der Waals surface area (Å²) < 4.78 is 12.1. The summed E-state index contributed by atoms with van der Waals surface area (Å²) in [5.41, 5.74) is 0.735. The van der Waals surface area contributed by atoms with Gasteiger partial charge in [0.15, 0.2) is 17.3 Å². The van der Waals surface area contributed by atoms with Crippen LogP contribution in [0.15, 0.2) is 28.3 Å². The molecule has 0 saturated heterocycles. The lowest BCUT2D eigenvalue weighted by atomic mass is 10.2. The number of amides is 1. The van der Waals surface area contributed by atoms with E-state index in [4.69, 9.17) is 9.47 Å². The molecule has 1 aliphatic rings. The Labute approximate surface area is 154 Å². The summed E-state index contributed by atoms with van der Waals surface area (Å²) >= 11 is 1.28. The lowest BCUT2D eigenvalue weighted by molar-refractivity contribution is -0.116. The van der Waals surface area contributed by atoms with E-state index in [1.54, 1.807) is 33.3 Å². The van der Waals surface area contributed by atoms with E-state index >= 15 is 0 Å². The number of anilines is 1. The Kier molecular flexibility index (Phi) is 4.73. The molecule has 1 amide bonds. The average molecular weight is 374 g/mol. The van der Waals surface area contributed by atoms with E-state index in [9.17, 15) is 9.59 Å². The van der Waals surface area contributed by atoms with Crippen LogP contribution in [-0.2, 0) is 4.79 Å². The van der Waals surface area contributed by atoms with E-state index < -0.39 is 0 Å². The van der Waals surface area contributed by atoms with Gasteiger partial charge < -0.3 is 9.47 Å². The van der Waals surface area contributed by atoms with Gasteiger partial charge in [-0.3, -0.25) is 14.2 Å². The van der Waals surface area contributed by atoms with Crippen molar-refractivity contribution in [3.05, 3.63) is 29.6 Å². The van der Waals surface area contributed by atoms with Crippen molar-refractivity contribution in [2.24, 2.45) is 5.10 Å². The number of hydrogen-bond acceptors (Lipinski definition) is 7. The van der Waals surface area contributed by atoms with Crippen LogP contribution in [0.2, 0.25) is 0 Å². The highest BCUT2D eigenvalue weighted by Gasteiger charge is 2.31. The molecule has 0 spiro atoms. The number of rotatable bonds is 3. The van der Waals surface area contributed by atoms with Gasteiger partial charge in [0.2, 0.25) is 11.8 Å². The number of benzene rings is 1. The molecule has 0 fully saturated rings. The molecule has 1 aromatic carbocycles. The van der Waals surface area contributed by atoms with Crippen molar-refractivity contribution in [1.82, 2.24) is 9.55 Å². The third kappa shape index (κ3) is 2.94. The van der Waals surface area contributed by atoms with Crippen molar-refractivity contribution < 1.29 is 19.1 Å². The van der Waals surface area contributed by atoms with E-state index in [2.05, 4.69) is 10.1 Å². The Morgan fingerprint density at radius 3 is 2.35 bits per heavy atom. The quantitative estimate of drug-likeness (QED) is 0.821.